The fourth-order valence-electron chi connectivity index (χ4n) is 6.83. The van der Waals surface area contributed by atoms with E-state index in [0.717, 1.165) is 128 Å². The first-order valence-corrected chi connectivity index (χ1v) is 25.4. The molecule has 0 aromatic rings. The molecule has 0 amide bonds. The summed E-state index contributed by atoms with van der Waals surface area (Å²) in [5, 5.41) is 0. The Morgan fingerprint density at radius 2 is 0.639 bits per heavy atom. The van der Waals surface area contributed by atoms with Crippen LogP contribution in [0.1, 0.15) is 239 Å². The molecule has 0 N–H and O–H groups in total. The van der Waals surface area contributed by atoms with Gasteiger partial charge < -0.3 is 14.2 Å². The van der Waals surface area contributed by atoms with Gasteiger partial charge >= 0.3 is 17.9 Å². The van der Waals surface area contributed by atoms with E-state index in [2.05, 4.69) is 93.7 Å². The van der Waals surface area contributed by atoms with Gasteiger partial charge in [-0.25, -0.2) is 0 Å². The first-order chi connectivity index (χ1) is 30.0. The lowest BCUT2D eigenvalue weighted by Gasteiger charge is -2.18. The topological polar surface area (TPSA) is 78.9 Å². The molecule has 0 aromatic carbocycles. The SMILES string of the molecule is CC/C=C\C/C=C\C/C=C\CCCCCCCC(=O)OC(COC(=O)CCCCCCC/C=C\C/C=C\CCCCCC)COC(=O)CCCCCCC/C=C\CCCCC. The van der Waals surface area contributed by atoms with Gasteiger partial charge in [-0.3, -0.25) is 14.4 Å². The summed E-state index contributed by atoms with van der Waals surface area (Å²) < 4.78 is 16.8. The number of rotatable bonds is 45. The Balaban J connectivity index is 4.44. The lowest BCUT2D eigenvalue weighted by atomic mass is 10.1. The van der Waals surface area contributed by atoms with Crippen LogP contribution >= 0.6 is 0 Å². The van der Waals surface area contributed by atoms with Crippen LogP contribution in [-0.4, -0.2) is 37.2 Å². The van der Waals surface area contributed by atoms with Gasteiger partial charge in [-0.2, -0.15) is 0 Å². The van der Waals surface area contributed by atoms with Crippen molar-refractivity contribution in [2.75, 3.05) is 13.2 Å². The molecule has 0 heterocycles. The number of carbonyl (C=O) groups is 3. The predicted octanol–water partition coefficient (Wildman–Crippen LogP) is 16.6. The third-order valence-electron chi connectivity index (χ3n) is 10.7. The summed E-state index contributed by atoms with van der Waals surface area (Å²) in [5.41, 5.74) is 0. The summed E-state index contributed by atoms with van der Waals surface area (Å²) >= 11 is 0. The zero-order valence-electron chi connectivity index (χ0n) is 39.9. The molecule has 0 saturated heterocycles. The second-order valence-corrected chi connectivity index (χ2v) is 16.7. The molecular weight excluding hydrogens is 757 g/mol. The molecule has 6 nitrogen and oxygen atoms in total. The van der Waals surface area contributed by atoms with Crippen molar-refractivity contribution in [2.45, 2.75) is 245 Å². The van der Waals surface area contributed by atoms with Gasteiger partial charge in [0.25, 0.3) is 0 Å². The van der Waals surface area contributed by atoms with Crippen molar-refractivity contribution in [1.82, 2.24) is 0 Å². The number of hydrogen-bond acceptors (Lipinski definition) is 6. The van der Waals surface area contributed by atoms with E-state index in [0.29, 0.717) is 19.3 Å². The van der Waals surface area contributed by atoms with Gasteiger partial charge in [0.2, 0.25) is 0 Å². The van der Waals surface area contributed by atoms with Crippen molar-refractivity contribution >= 4 is 17.9 Å². The van der Waals surface area contributed by atoms with Crippen molar-refractivity contribution in [3.8, 4) is 0 Å². The standard InChI is InChI=1S/C55H94O6/c1-4-7-10-13-16-19-22-25-27-29-30-33-36-39-42-45-48-54(57)60-51-52(50-59-53(56)47-44-41-38-35-32-24-21-18-15-12-9-6-3)61-55(58)49-46-43-40-37-34-31-28-26-23-20-17-14-11-8-5-2/h8,11,17-22,26-29,52H,4-7,9-10,12-16,23-25,30-51H2,1-3H3/b11-8-,20-17-,21-18-,22-19-,28-26-,29-27-. The Bertz CT molecular complexity index is 1160. The molecule has 1 unspecified atom stereocenters. The largest absolute Gasteiger partial charge is 0.462 e. The van der Waals surface area contributed by atoms with E-state index in [4.69, 9.17) is 14.2 Å². The van der Waals surface area contributed by atoms with Gasteiger partial charge in [-0.15, -0.1) is 0 Å². The maximum absolute atomic E-state index is 12.8. The van der Waals surface area contributed by atoms with E-state index >= 15 is 0 Å². The second-order valence-electron chi connectivity index (χ2n) is 16.7. The van der Waals surface area contributed by atoms with Crippen LogP contribution in [-0.2, 0) is 28.6 Å². The number of carbonyl (C=O) groups excluding carboxylic acids is 3. The maximum atomic E-state index is 12.8. The molecule has 0 bridgehead atoms. The summed E-state index contributed by atoms with van der Waals surface area (Å²) in [5.74, 6) is -0.931. The quantitative estimate of drug-likeness (QED) is 0.0263. The summed E-state index contributed by atoms with van der Waals surface area (Å²) in [6, 6.07) is 0. The summed E-state index contributed by atoms with van der Waals surface area (Å²) in [6.45, 7) is 6.45. The molecule has 0 fully saturated rings. The maximum Gasteiger partial charge on any atom is 0.306 e. The Kier molecular flexibility index (Phi) is 46.9. The molecule has 61 heavy (non-hydrogen) atoms. The van der Waals surface area contributed by atoms with Gasteiger partial charge in [0.15, 0.2) is 6.10 Å². The predicted molar refractivity (Wildman–Crippen MR) is 261 cm³/mol. The highest BCUT2D eigenvalue weighted by Crippen LogP contribution is 2.13. The summed E-state index contributed by atoms with van der Waals surface area (Å²) in [4.78, 5) is 37.9. The average molecular weight is 851 g/mol. The minimum absolute atomic E-state index is 0.0918. The normalized spacial score (nSPS) is 12.6. The first-order valence-electron chi connectivity index (χ1n) is 25.4. The van der Waals surface area contributed by atoms with E-state index in [1.807, 2.05) is 0 Å². The van der Waals surface area contributed by atoms with E-state index in [9.17, 15) is 14.4 Å². The van der Waals surface area contributed by atoms with Gasteiger partial charge in [-0.05, 0) is 109 Å². The number of ether oxygens (including phenoxy) is 3. The van der Waals surface area contributed by atoms with Crippen LogP contribution in [0.15, 0.2) is 72.9 Å². The monoisotopic (exact) mass is 851 g/mol. The van der Waals surface area contributed by atoms with Crippen LogP contribution in [0.2, 0.25) is 0 Å². The van der Waals surface area contributed by atoms with Crippen LogP contribution in [0.5, 0.6) is 0 Å². The molecular formula is C55H94O6. The Hall–Kier alpha value is -3.15. The smallest absolute Gasteiger partial charge is 0.306 e. The van der Waals surface area contributed by atoms with E-state index in [1.54, 1.807) is 0 Å². The van der Waals surface area contributed by atoms with Gasteiger partial charge in [-0.1, -0.05) is 184 Å². The van der Waals surface area contributed by atoms with Crippen LogP contribution in [0.3, 0.4) is 0 Å². The second kappa shape index (κ2) is 49.5. The number of unbranched alkanes of at least 4 members (excludes halogenated alkanes) is 22. The zero-order chi connectivity index (χ0) is 44.4. The minimum Gasteiger partial charge on any atom is -0.462 e. The van der Waals surface area contributed by atoms with Crippen molar-refractivity contribution in [3.05, 3.63) is 72.9 Å². The van der Waals surface area contributed by atoms with Crippen LogP contribution in [0, 0.1) is 0 Å². The molecule has 0 saturated carbocycles. The lowest BCUT2D eigenvalue weighted by Crippen LogP contribution is -2.30. The van der Waals surface area contributed by atoms with Crippen molar-refractivity contribution < 1.29 is 28.6 Å². The Labute approximate surface area is 376 Å². The number of esters is 3. The molecule has 0 aliphatic carbocycles. The molecule has 0 spiro atoms. The molecule has 0 rings (SSSR count). The molecule has 0 aliphatic rings. The summed E-state index contributed by atoms with van der Waals surface area (Å²) in [6.07, 6.45) is 61.6. The van der Waals surface area contributed by atoms with Crippen LogP contribution < -0.4 is 0 Å². The van der Waals surface area contributed by atoms with Gasteiger partial charge in [0.1, 0.15) is 13.2 Å². The lowest BCUT2D eigenvalue weighted by molar-refractivity contribution is -0.167. The Morgan fingerprint density at radius 3 is 1.05 bits per heavy atom. The highest BCUT2D eigenvalue weighted by atomic mass is 16.6. The highest BCUT2D eigenvalue weighted by molar-refractivity contribution is 5.71. The van der Waals surface area contributed by atoms with Crippen molar-refractivity contribution in [1.29, 1.82) is 0 Å². The highest BCUT2D eigenvalue weighted by Gasteiger charge is 2.19. The molecule has 0 aliphatic heterocycles. The van der Waals surface area contributed by atoms with Crippen molar-refractivity contribution in [3.63, 3.8) is 0 Å². The van der Waals surface area contributed by atoms with E-state index in [1.165, 1.54) is 70.6 Å². The zero-order valence-corrected chi connectivity index (χ0v) is 39.9. The summed E-state index contributed by atoms with van der Waals surface area (Å²) in [7, 11) is 0. The molecule has 0 aromatic heterocycles. The molecule has 6 heteroatoms. The van der Waals surface area contributed by atoms with Gasteiger partial charge in [0, 0.05) is 19.3 Å². The minimum atomic E-state index is -0.792. The first kappa shape index (κ1) is 57.9. The fraction of sp³-hybridized carbons (Fsp3) is 0.727. The van der Waals surface area contributed by atoms with E-state index < -0.39 is 6.10 Å². The Morgan fingerprint density at radius 1 is 0.344 bits per heavy atom. The molecule has 1 atom stereocenters. The molecule has 0 radical (unpaired) electrons. The average Bonchev–Trinajstić information content (AvgIpc) is 3.26. The van der Waals surface area contributed by atoms with Crippen LogP contribution in [0.25, 0.3) is 0 Å². The van der Waals surface area contributed by atoms with Crippen LogP contribution in [0.4, 0.5) is 0 Å². The third-order valence-corrected chi connectivity index (χ3v) is 10.7. The number of hydrogen-bond donors (Lipinski definition) is 0. The molecule has 350 valence electrons. The van der Waals surface area contributed by atoms with Gasteiger partial charge in [0.05, 0.1) is 0 Å². The van der Waals surface area contributed by atoms with E-state index in [-0.39, 0.29) is 31.1 Å². The number of allylic oxidation sites excluding steroid dienone is 12. The fourth-order valence-corrected chi connectivity index (χ4v) is 6.83. The van der Waals surface area contributed by atoms with Crippen molar-refractivity contribution in [2.24, 2.45) is 0 Å². The third kappa shape index (κ3) is 47.7.